The van der Waals surface area contributed by atoms with Crippen molar-refractivity contribution in [1.82, 2.24) is 5.32 Å². The van der Waals surface area contributed by atoms with E-state index in [0.29, 0.717) is 21.5 Å². The highest BCUT2D eigenvalue weighted by Crippen LogP contribution is 2.17. The molecule has 1 N–H and O–H groups in total. The maximum absolute atomic E-state index is 11.6. The van der Waals surface area contributed by atoms with Crippen LogP contribution in [0.4, 0.5) is 0 Å². The molecule has 26 heavy (non-hydrogen) atoms. The van der Waals surface area contributed by atoms with E-state index in [1.165, 1.54) is 0 Å². The van der Waals surface area contributed by atoms with Crippen LogP contribution in [0.5, 0.6) is 11.5 Å². The van der Waals surface area contributed by atoms with Gasteiger partial charge in [-0.05, 0) is 42.5 Å². The van der Waals surface area contributed by atoms with Crippen LogP contribution in [0.25, 0.3) is 0 Å². The first-order valence-electron chi connectivity index (χ1n) is 7.72. The molecule has 8 heteroatoms. The highest BCUT2D eigenvalue weighted by atomic mass is 35.5. The second kappa shape index (κ2) is 10.5. The van der Waals surface area contributed by atoms with Crippen LogP contribution < -0.4 is 14.8 Å². The molecule has 138 valence electrons. The molecule has 0 aliphatic heterocycles. The van der Waals surface area contributed by atoms with Gasteiger partial charge in [0.25, 0.3) is 5.91 Å². The van der Waals surface area contributed by atoms with Crippen molar-refractivity contribution in [3.63, 3.8) is 0 Å². The minimum atomic E-state index is -0.655. The van der Waals surface area contributed by atoms with Crippen molar-refractivity contribution in [1.29, 1.82) is 0 Å². The summed E-state index contributed by atoms with van der Waals surface area (Å²) in [5, 5.41) is 3.69. The first-order valence-corrected chi connectivity index (χ1v) is 8.47. The van der Waals surface area contributed by atoms with E-state index in [1.807, 2.05) is 0 Å². The van der Waals surface area contributed by atoms with Crippen molar-refractivity contribution < 1.29 is 23.8 Å². The SMILES string of the molecule is O=C(COC(=O)COc1cccc(Cl)c1)NCCOc1ccc(Cl)cc1. The van der Waals surface area contributed by atoms with Crippen molar-refractivity contribution in [2.45, 2.75) is 0 Å². The fraction of sp³-hybridized carbons (Fsp3) is 0.222. The molecule has 0 radical (unpaired) electrons. The van der Waals surface area contributed by atoms with Crippen LogP contribution in [-0.2, 0) is 14.3 Å². The van der Waals surface area contributed by atoms with Gasteiger partial charge in [0.05, 0.1) is 6.54 Å². The summed E-state index contributed by atoms with van der Waals surface area (Å²) in [6.45, 7) is -0.150. The van der Waals surface area contributed by atoms with Gasteiger partial charge in [-0.2, -0.15) is 0 Å². The van der Waals surface area contributed by atoms with E-state index in [1.54, 1.807) is 48.5 Å². The Morgan fingerprint density at radius 3 is 2.38 bits per heavy atom. The first-order chi connectivity index (χ1) is 12.5. The molecule has 1 amide bonds. The maximum atomic E-state index is 11.6. The standard InChI is InChI=1S/C18H17Cl2NO5/c19-13-4-6-15(7-5-13)24-9-8-21-17(22)11-26-18(23)12-25-16-3-1-2-14(20)10-16/h1-7,10H,8-9,11-12H2,(H,21,22). The fourth-order valence-corrected chi connectivity index (χ4v) is 2.13. The number of ether oxygens (including phenoxy) is 3. The van der Waals surface area contributed by atoms with E-state index in [0.717, 1.165) is 0 Å². The third-order valence-electron chi connectivity index (χ3n) is 3.02. The maximum Gasteiger partial charge on any atom is 0.344 e. The molecule has 0 heterocycles. The zero-order valence-corrected chi connectivity index (χ0v) is 15.3. The normalized spacial score (nSPS) is 10.1. The molecule has 0 aromatic heterocycles. The number of esters is 1. The summed E-state index contributed by atoms with van der Waals surface area (Å²) in [7, 11) is 0. The topological polar surface area (TPSA) is 73.9 Å². The third-order valence-corrected chi connectivity index (χ3v) is 3.51. The van der Waals surface area contributed by atoms with Crippen molar-refractivity contribution in [2.24, 2.45) is 0 Å². The molecular weight excluding hydrogens is 381 g/mol. The molecule has 0 aliphatic rings. The van der Waals surface area contributed by atoms with Gasteiger partial charge in [0.1, 0.15) is 18.1 Å². The Morgan fingerprint density at radius 1 is 0.885 bits per heavy atom. The van der Waals surface area contributed by atoms with Crippen molar-refractivity contribution in [3.05, 3.63) is 58.6 Å². The average Bonchev–Trinajstić information content (AvgIpc) is 2.63. The Balaban J connectivity index is 1.56. The number of hydrogen-bond donors (Lipinski definition) is 1. The molecule has 0 atom stereocenters. The number of carbonyl (C=O) groups is 2. The lowest BCUT2D eigenvalue weighted by Crippen LogP contribution is -2.32. The Morgan fingerprint density at radius 2 is 1.65 bits per heavy atom. The summed E-state index contributed by atoms with van der Waals surface area (Å²) < 4.78 is 15.5. The lowest BCUT2D eigenvalue weighted by atomic mass is 10.3. The Labute approximate surface area is 160 Å². The zero-order valence-electron chi connectivity index (χ0n) is 13.7. The summed E-state index contributed by atoms with van der Waals surface area (Å²) in [5.74, 6) is 0.00448. The highest BCUT2D eigenvalue weighted by Gasteiger charge is 2.08. The van der Waals surface area contributed by atoms with Gasteiger partial charge in [-0.1, -0.05) is 29.3 Å². The van der Waals surface area contributed by atoms with Crippen LogP contribution in [0.2, 0.25) is 10.0 Å². The molecule has 2 rings (SSSR count). The van der Waals surface area contributed by atoms with E-state index in [9.17, 15) is 9.59 Å². The molecule has 6 nitrogen and oxygen atoms in total. The van der Waals surface area contributed by atoms with E-state index in [2.05, 4.69) is 5.32 Å². The van der Waals surface area contributed by atoms with Gasteiger partial charge >= 0.3 is 5.97 Å². The van der Waals surface area contributed by atoms with Crippen LogP contribution in [0, 0.1) is 0 Å². The highest BCUT2D eigenvalue weighted by molar-refractivity contribution is 6.30. The minimum Gasteiger partial charge on any atom is -0.492 e. The van der Waals surface area contributed by atoms with Gasteiger partial charge in [0.2, 0.25) is 0 Å². The number of hydrogen-bond acceptors (Lipinski definition) is 5. The predicted octanol–water partition coefficient (Wildman–Crippen LogP) is 3.11. The smallest absolute Gasteiger partial charge is 0.344 e. The van der Waals surface area contributed by atoms with Crippen molar-refractivity contribution in [3.8, 4) is 11.5 Å². The Bertz CT molecular complexity index is 737. The van der Waals surface area contributed by atoms with E-state index in [-0.39, 0.29) is 19.8 Å². The molecule has 0 saturated carbocycles. The zero-order chi connectivity index (χ0) is 18.8. The van der Waals surface area contributed by atoms with Gasteiger partial charge in [0, 0.05) is 10.0 Å². The fourth-order valence-electron chi connectivity index (χ4n) is 1.83. The quantitative estimate of drug-likeness (QED) is 0.519. The van der Waals surface area contributed by atoms with E-state index >= 15 is 0 Å². The number of halogens is 2. The summed E-state index contributed by atoms with van der Waals surface area (Å²) in [6.07, 6.45) is 0. The summed E-state index contributed by atoms with van der Waals surface area (Å²) in [5.41, 5.74) is 0. The molecule has 0 unspecified atom stereocenters. The predicted molar refractivity (Wildman–Crippen MR) is 97.9 cm³/mol. The molecule has 2 aromatic rings. The number of rotatable bonds is 9. The molecule has 0 saturated heterocycles. The summed E-state index contributed by atoms with van der Waals surface area (Å²) in [4.78, 5) is 23.2. The number of nitrogens with one attached hydrogen (secondary N) is 1. The Kier molecular flexibility index (Phi) is 8.05. The van der Waals surface area contributed by atoms with Gasteiger partial charge < -0.3 is 19.5 Å². The third kappa shape index (κ3) is 7.63. The second-order valence-electron chi connectivity index (χ2n) is 5.06. The average molecular weight is 398 g/mol. The van der Waals surface area contributed by atoms with Gasteiger partial charge in [-0.15, -0.1) is 0 Å². The van der Waals surface area contributed by atoms with E-state index in [4.69, 9.17) is 37.4 Å². The first kappa shape index (κ1) is 19.9. The number of carbonyl (C=O) groups excluding carboxylic acids is 2. The van der Waals surface area contributed by atoms with Crippen LogP contribution in [0.15, 0.2) is 48.5 Å². The van der Waals surface area contributed by atoms with Gasteiger partial charge in [0.15, 0.2) is 13.2 Å². The lowest BCUT2D eigenvalue weighted by molar-refractivity contribution is -0.150. The van der Waals surface area contributed by atoms with Crippen LogP contribution in [0.3, 0.4) is 0 Å². The molecule has 0 bridgehead atoms. The van der Waals surface area contributed by atoms with Gasteiger partial charge in [-0.3, -0.25) is 4.79 Å². The van der Waals surface area contributed by atoms with Crippen LogP contribution in [-0.4, -0.2) is 38.2 Å². The number of amides is 1. The monoisotopic (exact) mass is 397 g/mol. The minimum absolute atomic E-state index is 0.276. The lowest BCUT2D eigenvalue weighted by Gasteiger charge is -2.09. The molecular formula is C18H17Cl2NO5. The number of benzene rings is 2. The molecule has 0 spiro atoms. The Hall–Kier alpha value is -2.44. The van der Waals surface area contributed by atoms with Crippen LogP contribution in [0.1, 0.15) is 0 Å². The van der Waals surface area contributed by atoms with Gasteiger partial charge in [-0.25, -0.2) is 4.79 Å². The molecule has 0 fully saturated rings. The molecule has 2 aromatic carbocycles. The largest absolute Gasteiger partial charge is 0.492 e. The van der Waals surface area contributed by atoms with E-state index < -0.39 is 18.5 Å². The summed E-state index contributed by atoms with van der Waals surface area (Å²) in [6, 6.07) is 13.5. The second-order valence-corrected chi connectivity index (χ2v) is 5.93. The molecule has 0 aliphatic carbocycles. The van der Waals surface area contributed by atoms with Crippen molar-refractivity contribution in [2.75, 3.05) is 26.4 Å². The summed E-state index contributed by atoms with van der Waals surface area (Å²) >= 11 is 11.6. The van der Waals surface area contributed by atoms with Crippen LogP contribution >= 0.6 is 23.2 Å². The van der Waals surface area contributed by atoms with Crippen molar-refractivity contribution >= 4 is 35.1 Å².